The van der Waals surface area contributed by atoms with Crippen LogP contribution in [0.15, 0.2) is 42.5 Å². The molecule has 2 aromatic rings. The zero-order valence-electron chi connectivity index (χ0n) is 14.1. The van der Waals surface area contributed by atoms with Crippen molar-refractivity contribution < 1.29 is 14.7 Å². The third kappa shape index (κ3) is 2.78. The molecule has 0 spiro atoms. The molecule has 0 saturated carbocycles. The molecule has 4 rings (SSSR count). The number of anilines is 1. The first-order valence-corrected chi connectivity index (χ1v) is 8.88. The number of aliphatic hydroxyl groups excluding tert-OH is 1. The molecule has 1 N–H and O–H groups in total. The fraction of sp³-hybridized carbons (Fsp3) is 0.400. The molecule has 5 heteroatoms. The lowest BCUT2D eigenvalue weighted by Gasteiger charge is -2.26. The Hall–Kier alpha value is -2.40. The Balaban J connectivity index is 1.59. The number of benzene rings is 2. The fourth-order valence-electron chi connectivity index (χ4n) is 4.10. The highest BCUT2D eigenvalue weighted by Gasteiger charge is 2.40. The fourth-order valence-corrected chi connectivity index (χ4v) is 4.10. The summed E-state index contributed by atoms with van der Waals surface area (Å²) in [6.45, 7) is 1.10. The van der Waals surface area contributed by atoms with Gasteiger partial charge in [0.25, 0.3) is 0 Å². The van der Waals surface area contributed by atoms with E-state index in [1.54, 1.807) is 9.80 Å². The molecule has 5 nitrogen and oxygen atoms in total. The molecule has 2 amide bonds. The molecule has 2 fully saturated rings. The van der Waals surface area contributed by atoms with Crippen molar-refractivity contribution in [2.75, 3.05) is 24.6 Å². The molecule has 1 unspecified atom stereocenters. The van der Waals surface area contributed by atoms with Gasteiger partial charge in [-0.2, -0.15) is 0 Å². The predicted octanol–water partition coefficient (Wildman–Crippen LogP) is 2.18. The summed E-state index contributed by atoms with van der Waals surface area (Å²) >= 11 is 0. The maximum absolute atomic E-state index is 12.8. The standard InChI is InChI=1S/C20H22N2O3/c23-13-16-7-4-10-21(16)20(25)15-11-19(24)22(12-15)18-9-3-6-14-5-1-2-8-17(14)18/h1-3,5-6,8-9,15-16,23H,4,7,10-13H2/t15?,16-/m1/s1. The van der Waals surface area contributed by atoms with Crippen molar-refractivity contribution in [2.45, 2.75) is 25.3 Å². The number of carbonyl (C=O) groups is 2. The summed E-state index contributed by atoms with van der Waals surface area (Å²) in [6, 6.07) is 13.8. The van der Waals surface area contributed by atoms with E-state index in [1.807, 2.05) is 42.5 Å². The number of rotatable bonds is 3. The van der Waals surface area contributed by atoms with E-state index in [4.69, 9.17) is 0 Å². The number of nitrogens with zero attached hydrogens (tertiary/aromatic N) is 2. The highest BCUT2D eigenvalue weighted by molar-refractivity contribution is 6.07. The van der Waals surface area contributed by atoms with E-state index < -0.39 is 0 Å². The molecule has 130 valence electrons. The molecule has 0 aromatic heterocycles. The minimum absolute atomic E-state index is 0.000552. The monoisotopic (exact) mass is 338 g/mol. The van der Waals surface area contributed by atoms with Crippen LogP contribution in [0.25, 0.3) is 10.8 Å². The Kier molecular flexibility index (Phi) is 4.17. The summed E-state index contributed by atoms with van der Waals surface area (Å²) < 4.78 is 0. The number of hydrogen-bond donors (Lipinski definition) is 1. The van der Waals surface area contributed by atoms with Crippen molar-refractivity contribution in [3.05, 3.63) is 42.5 Å². The van der Waals surface area contributed by atoms with Crippen molar-refractivity contribution in [1.82, 2.24) is 4.90 Å². The van der Waals surface area contributed by atoms with Gasteiger partial charge in [0.1, 0.15) is 0 Å². The molecular formula is C20H22N2O3. The number of likely N-dealkylation sites (tertiary alicyclic amines) is 1. The smallest absolute Gasteiger partial charge is 0.228 e. The quantitative estimate of drug-likeness (QED) is 0.933. The highest BCUT2D eigenvalue weighted by Crippen LogP contribution is 2.33. The van der Waals surface area contributed by atoms with E-state index in [0.717, 1.165) is 29.3 Å². The predicted molar refractivity (Wildman–Crippen MR) is 96.2 cm³/mol. The van der Waals surface area contributed by atoms with Crippen LogP contribution in [-0.4, -0.2) is 47.6 Å². The SMILES string of the molecule is O=C1CC(C(=O)N2CCC[C@@H]2CO)CN1c1cccc2ccccc12. The molecule has 2 atom stereocenters. The Morgan fingerprint density at radius 1 is 1.16 bits per heavy atom. The molecule has 2 saturated heterocycles. The minimum atomic E-state index is -0.321. The lowest BCUT2D eigenvalue weighted by molar-refractivity contribution is -0.137. The Morgan fingerprint density at radius 3 is 2.80 bits per heavy atom. The van der Waals surface area contributed by atoms with Crippen molar-refractivity contribution in [2.24, 2.45) is 5.92 Å². The van der Waals surface area contributed by atoms with Crippen molar-refractivity contribution in [1.29, 1.82) is 0 Å². The summed E-state index contributed by atoms with van der Waals surface area (Å²) in [4.78, 5) is 29.0. The average molecular weight is 338 g/mol. The second-order valence-corrected chi connectivity index (χ2v) is 6.91. The molecule has 2 aliphatic heterocycles. The van der Waals surface area contributed by atoms with Crippen LogP contribution < -0.4 is 4.90 Å². The van der Waals surface area contributed by atoms with Gasteiger partial charge in [0.2, 0.25) is 11.8 Å². The Morgan fingerprint density at radius 2 is 1.96 bits per heavy atom. The average Bonchev–Trinajstić information content (AvgIpc) is 3.27. The molecule has 2 heterocycles. The maximum Gasteiger partial charge on any atom is 0.228 e. The minimum Gasteiger partial charge on any atom is -0.394 e. The van der Waals surface area contributed by atoms with E-state index in [9.17, 15) is 14.7 Å². The molecule has 2 aromatic carbocycles. The van der Waals surface area contributed by atoms with Gasteiger partial charge in [-0.1, -0.05) is 36.4 Å². The first-order chi connectivity index (χ1) is 12.2. The molecule has 25 heavy (non-hydrogen) atoms. The van der Waals surface area contributed by atoms with Crippen molar-refractivity contribution in [3.8, 4) is 0 Å². The molecule has 0 aliphatic carbocycles. The van der Waals surface area contributed by atoms with Crippen LogP contribution in [-0.2, 0) is 9.59 Å². The summed E-state index contributed by atoms with van der Waals surface area (Å²) in [5.41, 5.74) is 0.874. The number of fused-ring (bicyclic) bond motifs is 1. The van der Waals surface area contributed by atoms with Crippen LogP contribution >= 0.6 is 0 Å². The van der Waals surface area contributed by atoms with Crippen LogP contribution in [0.2, 0.25) is 0 Å². The third-order valence-electron chi connectivity index (χ3n) is 5.40. The number of carbonyl (C=O) groups excluding carboxylic acids is 2. The van der Waals surface area contributed by atoms with Gasteiger partial charge in [-0.15, -0.1) is 0 Å². The lowest BCUT2D eigenvalue weighted by atomic mass is 10.1. The van der Waals surface area contributed by atoms with Crippen LogP contribution in [0, 0.1) is 5.92 Å². The molecular weight excluding hydrogens is 316 g/mol. The lowest BCUT2D eigenvalue weighted by Crippen LogP contribution is -2.42. The highest BCUT2D eigenvalue weighted by atomic mass is 16.3. The molecule has 0 radical (unpaired) electrons. The van der Waals surface area contributed by atoms with Gasteiger partial charge in [-0.25, -0.2) is 0 Å². The summed E-state index contributed by atoms with van der Waals surface area (Å²) in [6.07, 6.45) is 2.01. The molecule has 2 aliphatic rings. The zero-order chi connectivity index (χ0) is 17.4. The van der Waals surface area contributed by atoms with Crippen LogP contribution in [0.3, 0.4) is 0 Å². The van der Waals surface area contributed by atoms with Crippen LogP contribution in [0.1, 0.15) is 19.3 Å². The number of aliphatic hydroxyl groups is 1. The van der Waals surface area contributed by atoms with E-state index in [2.05, 4.69) is 0 Å². The van der Waals surface area contributed by atoms with Gasteiger partial charge in [0, 0.05) is 24.9 Å². The Bertz CT molecular complexity index is 814. The van der Waals surface area contributed by atoms with Crippen molar-refractivity contribution >= 4 is 28.3 Å². The third-order valence-corrected chi connectivity index (χ3v) is 5.40. The van der Waals surface area contributed by atoms with Crippen LogP contribution in [0.5, 0.6) is 0 Å². The van der Waals surface area contributed by atoms with E-state index in [0.29, 0.717) is 13.1 Å². The molecule has 0 bridgehead atoms. The second kappa shape index (κ2) is 6.48. The van der Waals surface area contributed by atoms with Gasteiger partial charge < -0.3 is 14.9 Å². The summed E-state index contributed by atoms with van der Waals surface area (Å²) in [5.74, 6) is -0.319. The summed E-state index contributed by atoms with van der Waals surface area (Å²) in [7, 11) is 0. The Labute approximate surface area is 146 Å². The largest absolute Gasteiger partial charge is 0.394 e. The maximum atomic E-state index is 12.8. The number of amides is 2. The van der Waals surface area contributed by atoms with E-state index in [-0.39, 0.29) is 36.8 Å². The van der Waals surface area contributed by atoms with E-state index >= 15 is 0 Å². The normalized spacial score (nSPS) is 23.6. The topological polar surface area (TPSA) is 60.9 Å². The van der Waals surface area contributed by atoms with Gasteiger partial charge in [0.05, 0.1) is 24.3 Å². The van der Waals surface area contributed by atoms with E-state index in [1.165, 1.54) is 0 Å². The van der Waals surface area contributed by atoms with Gasteiger partial charge in [0.15, 0.2) is 0 Å². The van der Waals surface area contributed by atoms with Gasteiger partial charge in [-0.05, 0) is 24.3 Å². The first kappa shape index (κ1) is 16.1. The van der Waals surface area contributed by atoms with Crippen LogP contribution in [0.4, 0.5) is 5.69 Å². The van der Waals surface area contributed by atoms with Gasteiger partial charge >= 0.3 is 0 Å². The zero-order valence-corrected chi connectivity index (χ0v) is 14.1. The number of hydrogen-bond acceptors (Lipinski definition) is 3. The second-order valence-electron chi connectivity index (χ2n) is 6.91. The van der Waals surface area contributed by atoms with Gasteiger partial charge in [-0.3, -0.25) is 9.59 Å². The summed E-state index contributed by atoms with van der Waals surface area (Å²) in [5, 5.41) is 11.6. The first-order valence-electron chi connectivity index (χ1n) is 8.88. The van der Waals surface area contributed by atoms with Crippen molar-refractivity contribution in [3.63, 3.8) is 0 Å².